The van der Waals surface area contributed by atoms with Crippen molar-refractivity contribution in [1.82, 2.24) is 14.3 Å². The van der Waals surface area contributed by atoms with Gasteiger partial charge in [0, 0.05) is 26.7 Å². The average molecular weight is 313 g/mol. The number of sulfonamides is 1. The summed E-state index contributed by atoms with van der Waals surface area (Å²) >= 11 is 0. The first-order valence-corrected chi connectivity index (χ1v) is 6.99. The Kier molecular flexibility index (Phi) is 4.76. The van der Waals surface area contributed by atoms with Gasteiger partial charge in [-0.25, -0.2) is 22.7 Å². The van der Waals surface area contributed by atoms with E-state index in [1.807, 2.05) is 0 Å². The van der Waals surface area contributed by atoms with Crippen LogP contribution in [0.5, 0.6) is 0 Å². The van der Waals surface area contributed by atoms with E-state index < -0.39 is 22.0 Å². The number of aromatic nitrogens is 2. The van der Waals surface area contributed by atoms with Gasteiger partial charge in [-0.2, -0.15) is 13.2 Å². The lowest BCUT2D eigenvalue weighted by Crippen LogP contribution is -2.28. The Morgan fingerprint density at radius 1 is 1.35 bits per heavy atom. The molecule has 0 atom stereocenters. The molecule has 3 N–H and O–H groups in total. The molecular formula is C9H14F3N5O2S. The second-order valence-corrected chi connectivity index (χ2v) is 6.33. The zero-order valence-electron chi connectivity index (χ0n) is 10.8. The molecule has 114 valence electrons. The van der Waals surface area contributed by atoms with E-state index in [9.17, 15) is 21.6 Å². The van der Waals surface area contributed by atoms with E-state index in [-0.39, 0.29) is 23.9 Å². The number of alkyl halides is 3. The Morgan fingerprint density at radius 2 is 1.95 bits per heavy atom. The molecule has 0 spiro atoms. The third kappa shape index (κ3) is 4.49. The number of nitrogens with one attached hydrogen (secondary N) is 1. The summed E-state index contributed by atoms with van der Waals surface area (Å²) < 4.78 is 61.3. The van der Waals surface area contributed by atoms with E-state index in [0.717, 1.165) is 10.4 Å². The van der Waals surface area contributed by atoms with Crippen molar-refractivity contribution in [2.45, 2.75) is 6.18 Å². The van der Waals surface area contributed by atoms with Crippen LogP contribution in [0.2, 0.25) is 0 Å². The van der Waals surface area contributed by atoms with Crippen molar-refractivity contribution in [2.24, 2.45) is 0 Å². The fourth-order valence-corrected chi connectivity index (χ4v) is 1.90. The van der Waals surface area contributed by atoms with Gasteiger partial charge in [-0.3, -0.25) is 0 Å². The summed E-state index contributed by atoms with van der Waals surface area (Å²) in [7, 11) is -0.721. The molecule has 20 heavy (non-hydrogen) atoms. The van der Waals surface area contributed by atoms with Crippen molar-refractivity contribution in [1.29, 1.82) is 0 Å². The number of nitrogens with two attached hydrogens (primary N) is 1. The Labute approximate surface area is 114 Å². The first-order chi connectivity index (χ1) is 9.02. The molecule has 0 fully saturated rings. The van der Waals surface area contributed by atoms with E-state index in [0.29, 0.717) is 0 Å². The quantitative estimate of drug-likeness (QED) is 0.815. The summed E-state index contributed by atoms with van der Waals surface area (Å²) in [5.74, 6) is -2.20. The second-order valence-electron chi connectivity index (χ2n) is 4.02. The van der Waals surface area contributed by atoms with Crippen molar-refractivity contribution in [3.05, 3.63) is 11.9 Å². The van der Waals surface area contributed by atoms with E-state index in [1.54, 1.807) is 0 Å². The monoisotopic (exact) mass is 313 g/mol. The molecule has 1 rings (SSSR count). The van der Waals surface area contributed by atoms with Crippen molar-refractivity contribution < 1.29 is 21.6 Å². The largest absolute Gasteiger partial charge is 0.451 e. The highest BCUT2D eigenvalue weighted by molar-refractivity contribution is 7.89. The highest BCUT2D eigenvalue weighted by Gasteiger charge is 2.35. The summed E-state index contributed by atoms with van der Waals surface area (Å²) in [5, 5.41) is 2.47. The number of hydrogen-bond acceptors (Lipinski definition) is 6. The topological polar surface area (TPSA) is 101 Å². The Balaban J connectivity index is 2.77. The normalized spacial score (nSPS) is 12.7. The summed E-state index contributed by atoms with van der Waals surface area (Å²) in [6, 6.07) is 1.09. The molecular weight excluding hydrogens is 299 g/mol. The summed E-state index contributed by atoms with van der Waals surface area (Å²) in [6.45, 7) is -0.103. The molecule has 7 nitrogen and oxygen atoms in total. The Hall–Kier alpha value is -1.62. The minimum absolute atomic E-state index is 0.103. The minimum Gasteiger partial charge on any atom is -0.384 e. The third-order valence-corrected chi connectivity index (χ3v) is 4.05. The SMILES string of the molecule is CN(C)S(=O)(=O)CCNc1cc(N)nc(C(F)(F)F)n1. The van der Waals surface area contributed by atoms with Crippen LogP contribution in [0.3, 0.4) is 0 Å². The van der Waals surface area contributed by atoms with Gasteiger partial charge >= 0.3 is 6.18 Å². The van der Waals surface area contributed by atoms with Gasteiger partial charge in [-0.1, -0.05) is 0 Å². The van der Waals surface area contributed by atoms with Crippen LogP contribution in [-0.4, -0.2) is 49.1 Å². The van der Waals surface area contributed by atoms with Crippen LogP contribution in [0, 0.1) is 0 Å². The number of halogens is 3. The smallest absolute Gasteiger partial charge is 0.384 e. The van der Waals surface area contributed by atoms with E-state index in [1.165, 1.54) is 14.1 Å². The summed E-state index contributed by atoms with van der Waals surface area (Å²) in [6.07, 6.45) is -4.72. The molecule has 0 unspecified atom stereocenters. The lowest BCUT2D eigenvalue weighted by Gasteiger charge is -2.13. The molecule has 1 aromatic heterocycles. The highest BCUT2D eigenvalue weighted by Crippen LogP contribution is 2.27. The maximum absolute atomic E-state index is 12.5. The predicted octanol–water partition coefficient (Wildman–Crippen LogP) is 0.381. The van der Waals surface area contributed by atoms with E-state index in [2.05, 4.69) is 15.3 Å². The molecule has 0 bridgehead atoms. The van der Waals surface area contributed by atoms with Gasteiger partial charge in [0.15, 0.2) is 0 Å². The first-order valence-electron chi connectivity index (χ1n) is 5.38. The standard InChI is InChI=1S/C9H14F3N5O2S/c1-17(2)20(18,19)4-3-14-7-5-6(13)15-8(16-7)9(10,11)12/h5H,3-4H2,1-2H3,(H3,13,14,15,16). The molecule has 0 radical (unpaired) electrons. The van der Waals surface area contributed by atoms with Crippen molar-refractivity contribution >= 4 is 21.7 Å². The Morgan fingerprint density at radius 3 is 2.45 bits per heavy atom. The predicted molar refractivity (Wildman–Crippen MR) is 67.4 cm³/mol. The highest BCUT2D eigenvalue weighted by atomic mass is 32.2. The zero-order valence-corrected chi connectivity index (χ0v) is 11.6. The van der Waals surface area contributed by atoms with Crippen molar-refractivity contribution in [3.63, 3.8) is 0 Å². The number of hydrogen-bond donors (Lipinski definition) is 2. The summed E-state index contributed by atoms with van der Waals surface area (Å²) in [4.78, 5) is 6.30. The van der Waals surface area contributed by atoms with Crippen molar-refractivity contribution in [2.75, 3.05) is 37.4 Å². The zero-order chi connectivity index (χ0) is 15.6. The Bertz CT molecular complexity index is 573. The molecule has 11 heteroatoms. The van der Waals surface area contributed by atoms with E-state index >= 15 is 0 Å². The van der Waals surface area contributed by atoms with Gasteiger partial charge in [0.2, 0.25) is 15.8 Å². The van der Waals surface area contributed by atoms with Crippen LogP contribution >= 0.6 is 0 Å². The van der Waals surface area contributed by atoms with Gasteiger partial charge < -0.3 is 11.1 Å². The molecule has 0 saturated carbocycles. The lowest BCUT2D eigenvalue weighted by atomic mass is 10.4. The maximum atomic E-state index is 12.5. The van der Waals surface area contributed by atoms with Gasteiger partial charge in [-0.05, 0) is 0 Å². The maximum Gasteiger partial charge on any atom is 0.451 e. The van der Waals surface area contributed by atoms with E-state index in [4.69, 9.17) is 5.73 Å². The van der Waals surface area contributed by atoms with Gasteiger partial charge in [-0.15, -0.1) is 0 Å². The molecule has 0 aliphatic heterocycles. The molecule has 0 amide bonds. The van der Waals surface area contributed by atoms with Gasteiger partial charge in [0.25, 0.3) is 0 Å². The number of rotatable bonds is 5. The molecule has 0 aliphatic rings. The molecule has 0 saturated heterocycles. The van der Waals surface area contributed by atoms with Crippen LogP contribution in [0.4, 0.5) is 24.8 Å². The molecule has 1 heterocycles. The van der Waals surface area contributed by atoms with Crippen LogP contribution in [0.15, 0.2) is 6.07 Å². The first kappa shape index (κ1) is 16.4. The fourth-order valence-electron chi connectivity index (χ4n) is 1.17. The van der Waals surface area contributed by atoms with Crippen molar-refractivity contribution in [3.8, 4) is 0 Å². The number of nitrogen functional groups attached to an aromatic ring is 1. The minimum atomic E-state index is -4.72. The molecule has 0 aliphatic carbocycles. The van der Waals surface area contributed by atoms with Crippen LogP contribution in [-0.2, 0) is 16.2 Å². The van der Waals surface area contributed by atoms with Gasteiger partial charge in [0.05, 0.1) is 5.75 Å². The average Bonchev–Trinajstić information content (AvgIpc) is 2.26. The number of anilines is 2. The molecule has 0 aromatic carbocycles. The van der Waals surface area contributed by atoms with Crippen LogP contribution < -0.4 is 11.1 Å². The van der Waals surface area contributed by atoms with Crippen LogP contribution in [0.1, 0.15) is 5.82 Å². The third-order valence-electron chi connectivity index (χ3n) is 2.22. The fraction of sp³-hybridized carbons (Fsp3) is 0.556. The second kappa shape index (κ2) is 5.79. The van der Waals surface area contributed by atoms with Gasteiger partial charge in [0.1, 0.15) is 11.6 Å². The lowest BCUT2D eigenvalue weighted by molar-refractivity contribution is -0.144. The van der Waals surface area contributed by atoms with Crippen LogP contribution in [0.25, 0.3) is 0 Å². The molecule has 1 aromatic rings. The summed E-state index contributed by atoms with van der Waals surface area (Å²) in [5.41, 5.74) is 5.24. The number of nitrogens with zero attached hydrogens (tertiary/aromatic N) is 3.